The first kappa shape index (κ1) is 12.9. The van der Waals surface area contributed by atoms with Crippen molar-refractivity contribution in [2.24, 2.45) is 0 Å². The number of hydrogen-bond donors (Lipinski definition) is 0. The smallest absolute Gasteiger partial charge is 0.295 e. The summed E-state index contributed by atoms with van der Waals surface area (Å²) in [6.07, 6.45) is -3.48. The maximum atomic E-state index is 12.4. The number of carbonyl (C=O) groups is 1. The molecule has 0 atom stereocenters. The van der Waals surface area contributed by atoms with Gasteiger partial charge in [0.05, 0.1) is 5.57 Å². The van der Waals surface area contributed by atoms with Gasteiger partial charge in [-0.2, -0.15) is 13.2 Å². The fourth-order valence-electron chi connectivity index (χ4n) is 0.881. The zero-order valence-corrected chi connectivity index (χ0v) is 8.62. The zero-order valence-electron chi connectivity index (χ0n) is 8.62. The predicted molar refractivity (Wildman–Crippen MR) is 48.9 cm³/mol. The Balaban J connectivity index is 5.44. The van der Waals surface area contributed by atoms with Crippen LogP contribution in [-0.2, 0) is 4.79 Å². The van der Waals surface area contributed by atoms with Crippen LogP contribution in [0.4, 0.5) is 13.2 Å². The molecule has 0 fully saturated rings. The van der Waals surface area contributed by atoms with Crippen LogP contribution >= 0.6 is 0 Å². The van der Waals surface area contributed by atoms with Gasteiger partial charge in [0.1, 0.15) is 0 Å². The quantitative estimate of drug-likeness (QED) is 0.499. The van der Waals surface area contributed by atoms with Crippen molar-refractivity contribution >= 4 is 5.78 Å². The molecule has 0 saturated carbocycles. The van der Waals surface area contributed by atoms with E-state index in [1.165, 1.54) is 6.92 Å². The van der Waals surface area contributed by atoms with Gasteiger partial charge in [-0.25, -0.2) is 0 Å². The van der Waals surface area contributed by atoms with Gasteiger partial charge in [-0.15, -0.1) is 0 Å². The molecule has 0 N–H and O–H groups in total. The van der Waals surface area contributed by atoms with Crippen LogP contribution in [0.15, 0.2) is 22.8 Å². The SMILES string of the molecule is CC(=O)/C(C)=C(/C=C(C)C)C(F)(F)F. The Labute approximate surface area is 81.3 Å². The third-order valence-corrected chi connectivity index (χ3v) is 1.67. The number of Topliss-reactive ketones (excluding diaryl/α,β-unsaturated/α-hetero) is 1. The highest BCUT2D eigenvalue weighted by Crippen LogP contribution is 2.30. The third kappa shape index (κ3) is 3.77. The van der Waals surface area contributed by atoms with Crippen molar-refractivity contribution in [2.45, 2.75) is 33.9 Å². The molecule has 80 valence electrons. The molecule has 0 aromatic heterocycles. The van der Waals surface area contributed by atoms with Crippen molar-refractivity contribution < 1.29 is 18.0 Å². The molecule has 0 saturated heterocycles. The molecule has 0 aliphatic heterocycles. The standard InChI is InChI=1S/C10H13F3O/c1-6(2)5-9(10(11,12)13)7(3)8(4)14/h5H,1-4H3/b9-7-. The number of allylic oxidation sites excluding steroid dienone is 4. The minimum atomic E-state index is -4.47. The van der Waals surface area contributed by atoms with Crippen molar-refractivity contribution in [2.75, 3.05) is 0 Å². The number of halogens is 3. The van der Waals surface area contributed by atoms with E-state index in [4.69, 9.17) is 0 Å². The van der Waals surface area contributed by atoms with E-state index in [9.17, 15) is 18.0 Å². The summed E-state index contributed by atoms with van der Waals surface area (Å²) >= 11 is 0. The maximum Gasteiger partial charge on any atom is 0.416 e. The second-order valence-electron chi connectivity index (χ2n) is 3.31. The zero-order chi connectivity index (χ0) is 11.5. The molecule has 0 amide bonds. The molecule has 0 spiro atoms. The molecule has 0 aliphatic carbocycles. The summed E-state index contributed by atoms with van der Waals surface area (Å²) in [6, 6.07) is 0. The van der Waals surface area contributed by atoms with E-state index in [1.807, 2.05) is 0 Å². The Hall–Kier alpha value is -1.06. The summed E-state index contributed by atoms with van der Waals surface area (Å²) in [4.78, 5) is 10.8. The normalized spacial score (nSPS) is 13.4. The molecule has 0 rings (SSSR count). The lowest BCUT2D eigenvalue weighted by Gasteiger charge is -2.11. The molecule has 0 unspecified atom stereocenters. The monoisotopic (exact) mass is 206 g/mol. The van der Waals surface area contributed by atoms with E-state index in [-0.39, 0.29) is 5.57 Å². The summed E-state index contributed by atoms with van der Waals surface area (Å²) in [5.74, 6) is -0.560. The lowest BCUT2D eigenvalue weighted by atomic mass is 10.0. The van der Waals surface area contributed by atoms with Crippen LogP contribution in [-0.4, -0.2) is 12.0 Å². The highest BCUT2D eigenvalue weighted by molar-refractivity contribution is 5.94. The Morgan fingerprint density at radius 3 is 1.71 bits per heavy atom. The molecule has 0 bridgehead atoms. The first-order chi connectivity index (χ1) is 6.16. The van der Waals surface area contributed by atoms with Gasteiger partial charge in [-0.3, -0.25) is 4.79 Å². The van der Waals surface area contributed by atoms with Gasteiger partial charge in [0.25, 0.3) is 0 Å². The first-order valence-electron chi connectivity index (χ1n) is 4.10. The highest BCUT2D eigenvalue weighted by Gasteiger charge is 2.34. The van der Waals surface area contributed by atoms with Gasteiger partial charge in [0, 0.05) is 5.57 Å². The molecule has 0 radical (unpaired) electrons. The van der Waals surface area contributed by atoms with Crippen LogP contribution in [0.25, 0.3) is 0 Å². The number of hydrogen-bond acceptors (Lipinski definition) is 1. The summed E-state index contributed by atoms with van der Waals surface area (Å²) in [5, 5.41) is 0. The van der Waals surface area contributed by atoms with Crippen LogP contribution in [0.2, 0.25) is 0 Å². The van der Waals surface area contributed by atoms with Crippen molar-refractivity contribution in [1.82, 2.24) is 0 Å². The van der Waals surface area contributed by atoms with Crippen LogP contribution in [0.1, 0.15) is 27.7 Å². The fraction of sp³-hybridized carbons (Fsp3) is 0.500. The minimum Gasteiger partial charge on any atom is -0.295 e. The number of ketones is 1. The second-order valence-corrected chi connectivity index (χ2v) is 3.31. The summed E-state index contributed by atoms with van der Waals surface area (Å²) in [7, 11) is 0. The average molecular weight is 206 g/mol. The first-order valence-corrected chi connectivity index (χ1v) is 4.10. The van der Waals surface area contributed by atoms with Crippen molar-refractivity contribution in [1.29, 1.82) is 0 Å². The van der Waals surface area contributed by atoms with Gasteiger partial charge in [0.15, 0.2) is 5.78 Å². The Bertz CT molecular complexity index is 291. The predicted octanol–water partition coefficient (Wildman–Crippen LogP) is 3.42. The van der Waals surface area contributed by atoms with Crippen molar-refractivity contribution in [3.05, 3.63) is 22.8 Å². The van der Waals surface area contributed by atoms with Gasteiger partial charge in [0.2, 0.25) is 0 Å². The summed E-state index contributed by atoms with van der Waals surface area (Å²) in [5.41, 5.74) is -0.596. The Kier molecular flexibility index (Phi) is 4.10. The van der Waals surface area contributed by atoms with E-state index < -0.39 is 17.5 Å². The van der Waals surface area contributed by atoms with E-state index >= 15 is 0 Å². The van der Waals surface area contributed by atoms with Crippen LogP contribution in [0.3, 0.4) is 0 Å². The number of carbonyl (C=O) groups excluding carboxylic acids is 1. The van der Waals surface area contributed by atoms with E-state index in [2.05, 4.69) is 0 Å². The molecule has 14 heavy (non-hydrogen) atoms. The minimum absolute atomic E-state index is 0.251. The Morgan fingerprint density at radius 2 is 1.50 bits per heavy atom. The average Bonchev–Trinajstić information content (AvgIpc) is 1.96. The topological polar surface area (TPSA) is 17.1 Å². The maximum absolute atomic E-state index is 12.4. The van der Waals surface area contributed by atoms with Crippen LogP contribution in [0, 0.1) is 0 Å². The van der Waals surface area contributed by atoms with Crippen molar-refractivity contribution in [3.8, 4) is 0 Å². The number of alkyl halides is 3. The highest BCUT2D eigenvalue weighted by atomic mass is 19.4. The lowest BCUT2D eigenvalue weighted by Crippen LogP contribution is -2.14. The van der Waals surface area contributed by atoms with Gasteiger partial charge >= 0.3 is 6.18 Å². The molecular weight excluding hydrogens is 193 g/mol. The van der Waals surface area contributed by atoms with E-state index in [0.29, 0.717) is 5.57 Å². The molecular formula is C10H13F3O. The third-order valence-electron chi connectivity index (χ3n) is 1.67. The summed E-state index contributed by atoms with van der Waals surface area (Å²) < 4.78 is 37.3. The van der Waals surface area contributed by atoms with Gasteiger partial charge in [-0.1, -0.05) is 11.6 Å². The fourth-order valence-corrected chi connectivity index (χ4v) is 0.881. The van der Waals surface area contributed by atoms with E-state index in [1.54, 1.807) is 13.8 Å². The largest absolute Gasteiger partial charge is 0.416 e. The molecule has 4 heteroatoms. The van der Waals surface area contributed by atoms with Gasteiger partial charge < -0.3 is 0 Å². The summed E-state index contributed by atoms with van der Waals surface area (Å²) in [6.45, 7) is 5.42. The number of rotatable bonds is 2. The molecule has 0 heterocycles. The van der Waals surface area contributed by atoms with E-state index in [0.717, 1.165) is 13.0 Å². The molecule has 0 aromatic carbocycles. The van der Waals surface area contributed by atoms with Gasteiger partial charge in [-0.05, 0) is 27.7 Å². The lowest BCUT2D eigenvalue weighted by molar-refractivity contribution is -0.115. The van der Waals surface area contributed by atoms with Crippen molar-refractivity contribution in [3.63, 3.8) is 0 Å². The molecule has 0 aromatic rings. The van der Waals surface area contributed by atoms with Crippen LogP contribution < -0.4 is 0 Å². The van der Waals surface area contributed by atoms with Crippen LogP contribution in [0.5, 0.6) is 0 Å². The molecule has 0 aliphatic rings. The Morgan fingerprint density at radius 1 is 1.07 bits per heavy atom. The molecule has 1 nitrogen and oxygen atoms in total. The second kappa shape index (κ2) is 4.44.